The van der Waals surface area contributed by atoms with Crippen molar-refractivity contribution in [3.63, 3.8) is 0 Å². The third-order valence-corrected chi connectivity index (χ3v) is 5.78. The fourth-order valence-corrected chi connectivity index (χ4v) is 3.77. The van der Waals surface area contributed by atoms with Gasteiger partial charge in [0.25, 0.3) is 0 Å². The maximum absolute atomic E-state index is 12.0. The standard InChI is InChI=1S/C17H22IN4O3/c1-13-11-21(12-20-13)15-6-4-14(10-16(15)25-2)5-7-17(24)22(19)18-8-3-9-23/h4-7,10-12,23H,3,8-9,19H2,1-2H3/q-1/b7-5-. The van der Waals surface area contributed by atoms with Crippen molar-refractivity contribution in [2.75, 3.05) is 18.1 Å². The number of rotatable bonds is 8. The number of hydrogen-bond donors (Lipinski definition) is 2. The van der Waals surface area contributed by atoms with Crippen molar-refractivity contribution in [3.05, 3.63) is 48.1 Å². The first-order chi connectivity index (χ1) is 12.0. The maximum atomic E-state index is 12.0. The zero-order chi connectivity index (χ0) is 18.2. The van der Waals surface area contributed by atoms with Crippen LogP contribution in [0.25, 0.3) is 11.8 Å². The van der Waals surface area contributed by atoms with E-state index < -0.39 is 21.5 Å². The van der Waals surface area contributed by atoms with Crippen molar-refractivity contribution < 1.29 is 36.1 Å². The summed E-state index contributed by atoms with van der Waals surface area (Å²) >= 11 is -0.595. The van der Waals surface area contributed by atoms with Crippen LogP contribution < -0.4 is 32.1 Å². The van der Waals surface area contributed by atoms with E-state index in [-0.39, 0.29) is 12.5 Å². The summed E-state index contributed by atoms with van der Waals surface area (Å²) in [5.41, 5.74) is 2.64. The van der Waals surface area contributed by atoms with Crippen molar-refractivity contribution >= 4 is 12.0 Å². The molecule has 0 aliphatic heterocycles. The number of nitrogens with zero attached hydrogens (tertiary/aromatic N) is 3. The molecule has 8 heteroatoms. The number of ether oxygens (including phenoxy) is 1. The van der Waals surface area contributed by atoms with Gasteiger partial charge in [0.15, 0.2) is 0 Å². The SMILES string of the molecule is COc1cc(/C=C\C(=O)N(N)[I-]CCCO)ccc1-n1cnc(C)c1. The number of hydrogen-bond acceptors (Lipinski definition) is 5. The number of aliphatic hydroxyl groups is 1. The summed E-state index contributed by atoms with van der Waals surface area (Å²) in [5.74, 6) is 6.20. The van der Waals surface area contributed by atoms with E-state index in [1.165, 1.54) is 9.30 Å². The minimum atomic E-state index is -0.595. The first kappa shape index (κ1) is 19.4. The topological polar surface area (TPSA) is 93.6 Å². The summed E-state index contributed by atoms with van der Waals surface area (Å²) in [5, 5.41) is 8.77. The zero-order valence-corrected chi connectivity index (χ0v) is 16.4. The number of methoxy groups -OCH3 is 1. The summed E-state index contributed by atoms with van der Waals surface area (Å²) in [7, 11) is 1.61. The molecule has 1 aromatic heterocycles. The van der Waals surface area contributed by atoms with Gasteiger partial charge in [-0.05, 0) is 0 Å². The Bertz CT molecular complexity index is 745. The number of imidazole rings is 1. The molecule has 2 rings (SSSR count). The van der Waals surface area contributed by atoms with Gasteiger partial charge in [-0.15, -0.1) is 0 Å². The molecule has 136 valence electrons. The van der Waals surface area contributed by atoms with Crippen LogP contribution in [-0.4, -0.2) is 41.9 Å². The third-order valence-electron chi connectivity index (χ3n) is 3.33. The van der Waals surface area contributed by atoms with E-state index in [4.69, 9.17) is 15.7 Å². The molecule has 0 bridgehead atoms. The molecule has 0 radical (unpaired) electrons. The van der Waals surface area contributed by atoms with Crippen LogP contribution in [-0.2, 0) is 4.79 Å². The minimum absolute atomic E-state index is 0.125. The second-order valence-corrected chi connectivity index (χ2v) is 8.02. The van der Waals surface area contributed by atoms with Crippen molar-refractivity contribution in [1.82, 2.24) is 12.8 Å². The van der Waals surface area contributed by atoms with Gasteiger partial charge in [-0.25, -0.2) is 0 Å². The zero-order valence-electron chi connectivity index (χ0n) is 14.2. The van der Waals surface area contributed by atoms with Crippen LogP contribution >= 0.6 is 0 Å². The molecule has 0 aliphatic carbocycles. The molecule has 7 nitrogen and oxygen atoms in total. The van der Waals surface area contributed by atoms with E-state index in [2.05, 4.69) is 4.98 Å². The summed E-state index contributed by atoms with van der Waals surface area (Å²) in [6, 6.07) is 5.67. The molecule has 0 aliphatic rings. The van der Waals surface area contributed by atoms with E-state index in [1.807, 2.05) is 35.9 Å². The molecule has 1 aromatic carbocycles. The van der Waals surface area contributed by atoms with E-state index in [1.54, 1.807) is 19.5 Å². The van der Waals surface area contributed by atoms with Crippen LogP contribution in [0.1, 0.15) is 17.7 Å². The molecule has 1 amide bonds. The van der Waals surface area contributed by atoms with E-state index in [0.29, 0.717) is 12.2 Å². The van der Waals surface area contributed by atoms with Gasteiger partial charge < -0.3 is 0 Å². The quantitative estimate of drug-likeness (QED) is 0.0720. The van der Waals surface area contributed by atoms with Crippen LogP contribution in [0.15, 0.2) is 36.8 Å². The molecule has 0 atom stereocenters. The Labute approximate surface area is 157 Å². The number of carbonyl (C=O) groups excluding carboxylic acids is 1. The number of aliphatic hydroxyl groups excluding tert-OH is 1. The fraction of sp³-hybridized carbons (Fsp3) is 0.294. The average molecular weight is 457 g/mol. The molecule has 0 saturated carbocycles. The Morgan fingerprint density at radius 1 is 1.52 bits per heavy atom. The van der Waals surface area contributed by atoms with Crippen LogP contribution in [0, 0.1) is 6.92 Å². The molecule has 1 heterocycles. The molecule has 3 N–H and O–H groups in total. The number of carbonyl (C=O) groups is 1. The Kier molecular flexibility index (Phi) is 7.41. The summed E-state index contributed by atoms with van der Waals surface area (Å²) in [6.45, 7) is 2.05. The van der Waals surface area contributed by atoms with Gasteiger partial charge in [0.05, 0.1) is 0 Å². The van der Waals surface area contributed by atoms with Crippen molar-refractivity contribution in [3.8, 4) is 11.4 Å². The second kappa shape index (κ2) is 9.54. The Morgan fingerprint density at radius 2 is 2.32 bits per heavy atom. The summed E-state index contributed by atoms with van der Waals surface area (Å²) in [6.07, 6.45) is 7.48. The normalized spacial score (nSPS) is 11.2. The van der Waals surface area contributed by atoms with Crippen molar-refractivity contribution in [1.29, 1.82) is 0 Å². The number of alkyl halides is 1. The Morgan fingerprint density at radius 3 is 2.96 bits per heavy atom. The molecule has 25 heavy (non-hydrogen) atoms. The van der Waals surface area contributed by atoms with Crippen molar-refractivity contribution in [2.24, 2.45) is 5.84 Å². The fourth-order valence-electron chi connectivity index (χ4n) is 2.07. The molecule has 0 spiro atoms. The first-order valence-electron chi connectivity index (χ1n) is 7.71. The van der Waals surface area contributed by atoms with Gasteiger partial charge in [0, 0.05) is 0 Å². The first-order valence-corrected chi connectivity index (χ1v) is 10.2. The number of halogens is 1. The third kappa shape index (κ3) is 5.55. The second-order valence-electron chi connectivity index (χ2n) is 5.22. The molecular weight excluding hydrogens is 435 g/mol. The van der Waals surface area contributed by atoms with Crippen LogP contribution in [0.4, 0.5) is 0 Å². The van der Waals surface area contributed by atoms with E-state index >= 15 is 0 Å². The van der Waals surface area contributed by atoms with Crippen LogP contribution in [0.3, 0.4) is 0 Å². The van der Waals surface area contributed by atoms with Crippen molar-refractivity contribution in [2.45, 2.75) is 13.3 Å². The summed E-state index contributed by atoms with van der Waals surface area (Å²) in [4.78, 5) is 16.2. The van der Waals surface area contributed by atoms with Gasteiger partial charge in [-0.3, -0.25) is 0 Å². The molecular formula is C17H22IN4O3-. The van der Waals surface area contributed by atoms with Gasteiger partial charge in [0.1, 0.15) is 0 Å². The predicted molar refractivity (Wildman–Crippen MR) is 91.5 cm³/mol. The Balaban J connectivity index is 2.08. The van der Waals surface area contributed by atoms with Gasteiger partial charge in [0.2, 0.25) is 0 Å². The average Bonchev–Trinajstić information content (AvgIpc) is 3.05. The van der Waals surface area contributed by atoms with Gasteiger partial charge >= 0.3 is 158 Å². The van der Waals surface area contributed by atoms with Crippen LogP contribution in [0.2, 0.25) is 0 Å². The monoisotopic (exact) mass is 457 g/mol. The predicted octanol–water partition coefficient (Wildman–Crippen LogP) is -1.71. The molecule has 2 aromatic rings. The number of amides is 1. The van der Waals surface area contributed by atoms with E-state index in [0.717, 1.165) is 21.4 Å². The molecule has 0 fully saturated rings. The van der Waals surface area contributed by atoms with Gasteiger partial charge in [-0.2, -0.15) is 0 Å². The number of aryl methyl sites for hydroxylation is 1. The van der Waals surface area contributed by atoms with E-state index in [9.17, 15) is 4.79 Å². The molecule has 0 unspecified atom stereocenters. The summed E-state index contributed by atoms with van der Waals surface area (Å²) < 4.78 is 9.37. The Hall–Kier alpha value is -1.91. The molecule has 0 saturated heterocycles. The number of benzene rings is 1. The number of aromatic nitrogens is 2. The number of hydrazine groups is 1. The number of nitrogens with two attached hydrogens (primary N) is 1. The van der Waals surface area contributed by atoms with Gasteiger partial charge in [-0.1, -0.05) is 0 Å². The van der Waals surface area contributed by atoms with Crippen LogP contribution in [0.5, 0.6) is 5.75 Å².